The topological polar surface area (TPSA) is 0 Å². The Morgan fingerprint density at radius 1 is 1.36 bits per heavy atom. The number of allylic oxidation sites excluding steroid dienone is 1. The van der Waals surface area contributed by atoms with Gasteiger partial charge in [0.25, 0.3) is 0 Å². The number of rotatable bonds is 2. The maximum atomic E-state index is 3.93. The Hall–Kier alpha value is -0.0800. The summed E-state index contributed by atoms with van der Waals surface area (Å²) in [6, 6.07) is 8.07. The van der Waals surface area contributed by atoms with Crippen molar-refractivity contribution in [2.75, 3.05) is 5.33 Å². The van der Waals surface area contributed by atoms with E-state index in [9.17, 15) is 0 Å². The van der Waals surface area contributed by atoms with Crippen LogP contribution in [0, 0.1) is 0 Å². The van der Waals surface area contributed by atoms with Gasteiger partial charge >= 0.3 is 0 Å². The van der Waals surface area contributed by atoms with Crippen LogP contribution in [0.1, 0.15) is 5.56 Å². The van der Waals surface area contributed by atoms with Gasteiger partial charge in [-0.1, -0.05) is 56.6 Å². The lowest BCUT2D eigenvalue weighted by atomic mass is 10.1. The van der Waals surface area contributed by atoms with Gasteiger partial charge in [0.2, 0.25) is 0 Å². The molecule has 0 aliphatic heterocycles. The van der Waals surface area contributed by atoms with Gasteiger partial charge in [-0.2, -0.15) is 0 Å². The summed E-state index contributed by atoms with van der Waals surface area (Å²) >= 11 is 6.82. The molecule has 58 valence electrons. The monoisotopic (exact) mass is 274 g/mol. The van der Waals surface area contributed by atoms with Gasteiger partial charge in [-0.05, 0) is 17.2 Å². The molecule has 0 fully saturated rings. The highest BCUT2D eigenvalue weighted by atomic mass is 79.9. The highest BCUT2D eigenvalue weighted by Gasteiger charge is 1.99. The molecule has 0 aliphatic rings. The van der Waals surface area contributed by atoms with Gasteiger partial charge < -0.3 is 0 Å². The second-order valence-electron chi connectivity index (χ2n) is 2.22. The lowest BCUT2D eigenvalue weighted by molar-refractivity contribution is 1.55. The minimum absolute atomic E-state index is 0.815. The van der Waals surface area contributed by atoms with E-state index in [-0.39, 0.29) is 0 Å². The molecule has 0 aromatic heterocycles. The maximum absolute atomic E-state index is 3.93. The summed E-state index contributed by atoms with van der Waals surface area (Å²) < 4.78 is 1.10. The zero-order valence-electron chi connectivity index (χ0n) is 5.98. The molecule has 0 heterocycles. The fourth-order valence-corrected chi connectivity index (χ4v) is 1.69. The number of alkyl halides is 1. The van der Waals surface area contributed by atoms with E-state index < -0.39 is 0 Å². The number of benzene rings is 1. The number of hydrogen-bond acceptors (Lipinski definition) is 0. The average Bonchev–Trinajstić information content (AvgIpc) is 2.04. The Morgan fingerprint density at radius 3 is 2.55 bits per heavy atom. The van der Waals surface area contributed by atoms with Crippen molar-refractivity contribution in [1.82, 2.24) is 0 Å². The molecule has 0 N–H and O–H groups in total. The molecule has 1 aromatic carbocycles. The molecule has 2 heteroatoms. The Labute approximate surface area is 83.6 Å². The molecular weight excluding hydrogens is 268 g/mol. The highest BCUT2D eigenvalue weighted by molar-refractivity contribution is 9.10. The quantitative estimate of drug-likeness (QED) is 0.719. The van der Waals surface area contributed by atoms with Crippen LogP contribution < -0.4 is 0 Å². The molecule has 0 nitrogen and oxygen atoms in total. The molecule has 0 atom stereocenters. The molecular formula is C9H8Br2. The average molecular weight is 276 g/mol. The second-order valence-corrected chi connectivity index (χ2v) is 3.63. The Bertz CT molecular complexity index is 266. The van der Waals surface area contributed by atoms with Crippen molar-refractivity contribution in [2.45, 2.75) is 0 Å². The lowest BCUT2D eigenvalue weighted by Crippen LogP contribution is -1.83. The zero-order chi connectivity index (χ0) is 8.27. The summed E-state index contributed by atoms with van der Waals surface area (Å²) in [7, 11) is 0. The summed E-state index contributed by atoms with van der Waals surface area (Å²) in [6.45, 7) is 3.93. The summed E-state index contributed by atoms with van der Waals surface area (Å²) in [4.78, 5) is 0. The molecule has 0 aliphatic carbocycles. The van der Waals surface area contributed by atoms with E-state index in [4.69, 9.17) is 0 Å². The Kier molecular flexibility index (Phi) is 3.34. The second kappa shape index (κ2) is 4.07. The molecule has 1 aromatic rings. The van der Waals surface area contributed by atoms with Crippen molar-refractivity contribution in [2.24, 2.45) is 0 Å². The molecule has 0 saturated heterocycles. The van der Waals surface area contributed by atoms with Gasteiger partial charge in [-0.25, -0.2) is 0 Å². The summed E-state index contributed by atoms with van der Waals surface area (Å²) in [6.07, 6.45) is 0. The standard InChI is InChI=1S/C9H8Br2/c1-7(6-10)8-4-2-3-5-9(8)11/h2-5H,1,6H2. The van der Waals surface area contributed by atoms with Crippen LogP contribution in [0.15, 0.2) is 35.3 Å². The van der Waals surface area contributed by atoms with E-state index in [1.54, 1.807) is 0 Å². The Balaban J connectivity index is 3.03. The SMILES string of the molecule is C=C(CBr)c1ccccc1Br. The van der Waals surface area contributed by atoms with Gasteiger partial charge in [0.1, 0.15) is 0 Å². The molecule has 0 amide bonds. The first-order chi connectivity index (χ1) is 5.25. The zero-order valence-corrected chi connectivity index (χ0v) is 9.15. The van der Waals surface area contributed by atoms with E-state index in [2.05, 4.69) is 38.4 Å². The lowest BCUT2D eigenvalue weighted by Gasteiger charge is -2.03. The van der Waals surface area contributed by atoms with Gasteiger partial charge in [0, 0.05) is 9.80 Å². The minimum atomic E-state index is 0.815. The molecule has 0 saturated carbocycles. The van der Waals surface area contributed by atoms with E-state index in [1.165, 1.54) is 5.56 Å². The van der Waals surface area contributed by atoms with Crippen LogP contribution in [-0.4, -0.2) is 5.33 Å². The molecule has 0 bridgehead atoms. The third kappa shape index (κ3) is 2.17. The number of halogens is 2. The molecule has 1 rings (SSSR count). The molecule has 11 heavy (non-hydrogen) atoms. The first-order valence-corrected chi connectivity index (χ1v) is 5.16. The summed E-state index contributed by atoms with van der Waals surface area (Å²) in [5.74, 6) is 0. The van der Waals surface area contributed by atoms with Gasteiger partial charge in [0.15, 0.2) is 0 Å². The predicted octanol–water partition coefficient (Wildman–Crippen LogP) is 3.86. The highest BCUT2D eigenvalue weighted by Crippen LogP contribution is 2.23. The van der Waals surface area contributed by atoms with Gasteiger partial charge in [-0.15, -0.1) is 0 Å². The van der Waals surface area contributed by atoms with Crippen LogP contribution >= 0.6 is 31.9 Å². The largest absolute Gasteiger partial charge is 0.0943 e. The first kappa shape index (κ1) is 9.01. The normalized spacial score (nSPS) is 9.64. The van der Waals surface area contributed by atoms with E-state index >= 15 is 0 Å². The van der Waals surface area contributed by atoms with Crippen molar-refractivity contribution >= 4 is 37.4 Å². The van der Waals surface area contributed by atoms with Crippen LogP contribution in [0.25, 0.3) is 5.57 Å². The third-order valence-corrected chi connectivity index (χ3v) is 2.78. The van der Waals surface area contributed by atoms with Crippen molar-refractivity contribution in [3.63, 3.8) is 0 Å². The first-order valence-electron chi connectivity index (χ1n) is 3.24. The third-order valence-electron chi connectivity index (χ3n) is 1.42. The van der Waals surface area contributed by atoms with Crippen molar-refractivity contribution in [1.29, 1.82) is 0 Å². The van der Waals surface area contributed by atoms with Gasteiger partial charge in [0.05, 0.1) is 0 Å². The molecule has 0 spiro atoms. The maximum Gasteiger partial charge on any atom is 0.0283 e. The molecule has 0 radical (unpaired) electrons. The van der Waals surface area contributed by atoms with Gasteiger partial charge in [-0.3, -0.25) is 0 Å². The summed E-state index contributed by atoms with van der Waals surface area (Å²) in [5.41, 5.74) is 2.27. The van der Waals surface area contributed by atoms with E-state index in [0.29, 0.717) is 0 Å². The fourth-order valence-electron chi connectivity index (χ4n) is 0.820. The van der Waals surface area contributed by atoms with Crippen LogP contribution in [0.3, 0.4) is 0 Å². The van der Waals surface area contributed by atoms with Crippen LogP contribution in [0.5, 0.6) is 0 Å². The van der Waals surface area contributed by atoms with Crippen molar-refractivity contribution in [3.8, 4) is 0 Å². The van der Waals surface area contributed by atoms with Crippen molar-refractivity contribution < 1.29 is 0 Å². The number of hydrogen-bond donors (Lipinski definition) is 0. The molecule has 0 unspecified atom stereocenters. The summed E-state index contributed by atoms with van der Waals surface area (Å²) in [5, 5.41) is 0.815. The Morgan fingerprint density at radius 2 is 2.00 bits per heavy atom. The van der Waals surface area contributed by atoms with Crippen molar-refractivity contribution in [3.05, 3.63) is 40.9 Å². The minimum Gasteiger partial charge on any atom is -0.0943 e. The van der Waals surface area contributed by atoms with Crippen LogP contribution in [-0.2, 0) is 0 Å². The van der Waals surface area contributed by atoms with Crippen LogP contribution in [0.4, 0.5) is 0 Å². The fraction of sp³-hybridized carbons (Fsp3) is 0.111. The van der Waals surface area contributed by atoms with E-state index in [0.717, 1.165) is 15.4 Å². The van der Waals surface area contributed by atoms with E-state index in [1.807, 2.05) is 24.3 Å². The predicted molar refractivity (Wildman–Crippen MR) is 57.0 cm³/mol. The smallest absolute Gasteiger partial charge is 0.0283 e. The van der Waals surface area contributed by atoms with Crippen LogP contribution in [0.2, 0.25) is 0 Å².